The highest BCUT2D eigenvalue weighted by molar-refractivity contribution is 5.79. The molecular formula is C16H30N2O. The second kappa shape index (κ2) is 7.88. The number of amides is 1. The van der Waals surface area contributed by atoms with E-state index in [1.165, 1.54) is 32.1 Å². The summed E-state index contributed by atoms with van der Waals surface area (Å²) in [7, 11) is 0. The van der Waals surface area contributed by atoms with Crippen LogP contribution in [0.4, 0.5) is 0 Å². The lowest BCUT2D eigenvalue weighted by Crippen LogP contribution is -2.46. The third-order valence-corrected chi connectivity index (χ3v) is 4.69. The Kier molecular flexibility index (Phi) is 6.15. The highest BCUT2D eigenvalue weighted by Gasteiger charge is 2.28. The Morgan fingerprint density at radius 2 is 1.68 bits per heavy atom. The van der Waals surface area contributed by atoms with Crippen molar-refractivity contribution < 1.29 is 4.79 Å². The van der Waals surface area contributed by atoms with Gasteiger partial charge in [-0.2, -0.15) is 0 Å². The molecule has 0 spiro atoms. The number of carbonyl (C=O) groups excluding carboxylic acids is 1. The highest BCUT2D eigenvalue weighted by atomic mass is 16.2. The van der Waals surface area contributed by atoms with E-state index in [2.05, 4.69) is 17.1 Å². The Morgan fingerprint density at radius 1 is 1.05 bits per heavy atom. The van der Waals surface area contributed by atoms with Crippen LogP contribution >= 0.6 is 0 Å². The van der Waals surface area contributed by atoms with Crippen molar-refractivity contribution in [3.05, 3.63) is 0 Å². The van der Waals surface area contributed by atoms with E-state index >= 15 is 0 Å². The molecule has 0 aromatic heterocycles. The Bertz CT molecular complexity index is 264. The Morgan fingerprint density at radius 3 is 2.26 bits per heavy atom. The maximum absolute atomic E-state index is 12.5. The van der Waals surface area contributed by atoms with Gasteiger partial charge < -0.3 is 10.2 Å². The molecule has 0 aromatic carbocycles. The molecule has 1 saturated carbocycles. The average molecular weight is 266 g/mol. The van der Waals surface area contributed by atoms with Crippen LogP contribution in [0.1, 0.15) is 64.7 Å². The molecule has 0 aromatic rings. The molecule has 1 aliphatic heterocycles. The van der Waals surface area contributed by atoms with Crippen molar-refractivity contribution in [3.63, 3.8) is 0 Å². The summed E-state index contributed by atoms with van der Waals surface area (Å²) in [5, 5.41) is 3.58. The van der Waals surface area contributed by atoms with Crippen molar-refractivity contribution in [2.45, 2.75) is 70.8 Å². The van der Waals surface area contributed by atoms with Gasteiger partial charge in [0.2, 0.25) is 5.91 Å². The molecule has 0 unspecified atom stereocenters. The maximum atomic E-state index is 12.5. The molecule has 0 atom stereocenters. The minimum atomic E-state index is 0.336. The molecule has 1 heterocycles. The summed E-state index contributed by atoms with van der Waals surface area (Å²) in [4.78, 5) is 14.7. The molecule has 1 aliphatic carbocycles. The van der Waals surface area contributed by atoms with E-state index in [1.54, 1.807) is 0 Å². The van der Waals surface area contributed by atoms with Crippen LogP contribution in [0.5, 0.6) is 0 Å². The second-order valence-electron chi connectivity index (χ2n) is 6.24. The maximum Gasteiger partial charge on any atom is 0.225 e. The molecule has 19 heavy (non-hydrogen) atoms. The average Bonchev–Trinajstić information content (AvgIpc) is 2.74. The third-order valence-electron chi connectivity index (χ3n) is 4.69. The van der Waals surface area contributed by atoms with Crippen LogP contribution in [0.3, 0.4) is 0 Å². The molecular weight excluding hydrogens is 236 g/mol. The van der Waals surface area contributed by atoms with Crippen LogP contribution in [0.15, 0.2) is 0 Å². The summed E-state index contributed by atoms with van der Waals surface area (Å²) >= 11 is 0. The van der Waals surface area contributed by atoms with Gasteiger partial charge in [0.1, 0.15) is 0 Å². The molecule has 3 heteroatoms. The minimum absolute atomic E-state index is 0.336. The topological polar surface area (TPSA) is 32.3 Å². The molecule has 1 N–H and O–H groups in total. The van der Waals surface area contributed by atoms with Gasteiger partial charge in [-0.05, 0) is 38.6 Å². The van der Waals surface area contributed by atoms with Gasteiger partial charge in [0, 0.05) is 25.0 Å². The van der Waals surface area contributed by atoms with Gasteiger partial charge in [-0.1, -0.05) is 32.6 Å². The van der Waals surface area contributed by atoms with E-state index in [0.29, 0.717) is 17.9 Å². The fourth-order valence-electron chi connectivity index (χ4n) is 3.44. The van der Waals surface area contributed by atoms with E-state index in [4.69, 9.17) is 0 Å². The van der Waals surface area contributed by atoms with Crippen molar-refractivity contribution in [1.82, 2.24) is 10.2 Å². The zero-order valence-corrected chi connectivity index (χ0v) is 12.5. The largest absolute Gasteiger partial charge is 0.342 e. The predicted molar refractivity (Wildman–Crippen MR) is 79.1 cm³/mol. The summed E-state index contributed by atoms with van der Waals surface area (Å²) in [5.41, 5.74) is 0. The molecule has 2 rings (SSSR count). The zero-order chi connectivity index (χ0) is 13.5. The number of carbonyl (C=O) groups is 1. The van der Waals surface area contributed by atoms with Gasteiger partial charge in [0.15, 0.2) is 0 Å². The Hall–Kier alpha value is -0.570. The van der Waals surface area contributed by atoms with Crippen molar-refractivity contribution >= 4 is 5.91 Å². The summed E-state index contributed by atoms with van der Waals surface area (Å²) in [6.45, 7) is 5.26. The monoisotopic (exact) mass is 266 g/mol. The fraction of sp³-hybridized carbons (Fsp3) is 0.938. The molecule has 2 fully saturated rings. The third kappa shape index (κ3) is 4.48. The van der Waals surface area contributed by atoms with Crippen LogP contribution in [0.25, 0.3) is 0 Å². The lowest BCUT2D eigenvalue weighted by atomic mass is 9.96. The van der Waals surface area contributed by atoms with E-state index in [-0.39, 0.29) is 0 Å². The number of likely N-dealkylation sites (tertiary alicyclic amines) is 1. The normalized spacial score (nSPS) is 23.3. The smallest absolute Gasteiger partial charge is 0.225 e. The van der Waals surface area contributed by atoms with Gasteiger partial charge in [0.25, 0.3) is 0 Å². The number of rotatable bonds is 4. The van der Waals surface area contributed by atoms with Crippen molar-refractivity contribution in [1.29, 1.82) is 0 Å². The van der Waals surface area contributed by atoms with Gasteiger partial charge >= 0.3 is 0 Å². The SMILES string of the molecule is CCCNC1CCN(C(=O)C2CCCCCC2)CC1. The van der Waals surface area contributed by atoms with Gasteiger partial charge in [-0.3, -0.25) is 4.79 Å². The first-order valence-corrected chi connectivity index (χ1v) is 8.33. The van der Waals surface area contributed by atoms with Gasteiger partial charge in [-0.25, -0.2) is 0 Å². The summed E-state index contributed by atoms with van der Waals surface area (Å²) in [5.74, 6) is 0.790. The van der Waals surface area contributed by atoms with Crippen LogP contribution in [-0.2, 0) is 4.79 Å². The number of nitrogens with one attached hydrogen (secondary N) is 1. The van der Waals surface area contributed by atoms with Crippen LogP contribution in [0.2, 0.25) is 0 Å². The van der Waals surface area contributed by atoms with Crippen LogP contribution in [0, 0.1) is 5.92 Å². The Labute approximate surface area is 118 Å². The molecule has 0 bridgehead atoms. The van der Waals surface area contributed by atoms with Gasteiger partial charge in [0.05, 0.1) is 0 Å². The summed E-state index contributed by atoms with van der Waals surface area (Å²) < 4.78 is 0. The zero-order valence-electron chi connectivity index (χ0n) is 12.5. The Balaban J connectivity index is 1.75. The molecule has 1 saturated heterocycles. The summed E-state index contributed by atoms with van der Waals surface area (Å²) in [6.07, 6.45) is 10.9. The lowest BCUT2D eigenvalue weighted by molar-refractivity contribution is -0.137. The quantitative estimate of drug-likeness (QED) is 0.794. The van der Waals surface area contributed by atoms with Crippen molar-refractivity contribution in [2.75, 3.05) is 19.6 Å². The first kappa shape index (κ1) is 14.8. The minimum Gasteiger partial charge on any atom is -0.342 e. The first-order chi connectivity index (χ1) is 9.31. The van der Waals surface area contributed by atoms with Crippen molar-refractivity contribution in [3.8, 4) is 0 Å². The molecule has 1 amide bonds. The summed E-state index contributed by atoms with van der Waals surface area (Å²) in [6, 6.07) is 0.637. The first-order valence-electron chi connectivity index (χ1n) is 8.33. The lowest BCUT2D eigenvalue weighted by Gasteiger charge is -2.34. The predicted octanol–water partition coefficient (Wildman–Crippen LogP) is 2.95. The molecule has 2 aliphatic rings. The van der Waals surface area contributed by atoms with E-state index in [0.717, 1.165) is 45.3 Å². The van der Waals surface area contributed by atoms with Gasteiger partial charge in [-0.15, -0.1) is 0 Å². The van der Waals surface area contributed by atoms with E-state index < -0.39 is 0 Å². The molecule has 110 valence electrons. The number of hydrogen-bond acceptors (Lipinski definition) is 2. The van der Waals surface area contributed by atoms with Crippen LogP contribution in [-0.4, -0.2) is 36.5 Å². The van der Waals surface area contributed by atoms with E-state index in [9.17, 15) is 4.79 Å². The highest BCUT2D eigenvalue weighted by Crippen LogP contribution is 2.25. The fourth-order valence-corrected chi connectivity index (χ4v) is 3.44. The number of nitrogens with zero attached hydrogens (tertiary/aromatic N) is 1. The second-order valence-corrected chi connectivity index (χ2v) is 6.24. The molecule has 0 radical (unpaired) electrons. The number of hydrogen-bond donors (Lipinski definition) is 1. The molecule has 3 nitrogen and oxygen atoms in total. The van der Waals surface area contributed by atoms with Crippen LogP contribution < -0.4 is 5.32 Å². The number of piperidine rings is 1. The standard InChI is InChI=1S/C16H30N2O/c1-2-11-17-15-9-12-18(13-10-15)16(19)14-7-5-3-4-6-8-14/h14-15,17H,2-13H2,1H3. The van der Waals surface area contributed by atoms with Crippen molar-refractivity contribution in [2.24, 2.45) is 5.92 Å². The van der Waals surface area contributed by atoms with E-state index in [1.807, 2.05) is 0 Å².